The molecule has 0 spiro atoms. The van der Waals surface area contributed by atoms with Gasteiger partial charge in [0.1, 0.15) is 0 Å². The number of aliphatic carboxylic acids is 1. The van der Waals surface area contributed by atoms with E-state index in [2.05, 4.69) is 0 Å². The van der Waals surface area contributed by atoms with Crippen molar-refractivity contribution < 1.29 is 14.7 Å². The molecule has 1 aliphatic rings. The molecule has 1 N–H and O–H groups in total. The molecule has 0 saturated heterocycles. The highest BCUT2D eigenvalue weighted by atomic mass is 32.1. The molecular formula is C14H18O3S. The van der Waals surface area contributed by atoms with Gasteiger partial charge in [0.25, 0.3) is 0 Å². The third-order valence-electron chi connectivity index (χ3n) is 3.76. The standard InChI is InChI=1S/C14H18O3S/c1-7-4-11(12(5-7)14(16)17)13(15)10-6-8(2)18-9(10)3/h6-7,11-12H,4-5H2,1-3H3,(H,16,17). The van der Waals surface area contributed by atoms with Gasteiger partial charge in [-0.25, -0.2) is 0 Å². The van der Waals surface area contributed by atoms with Gasteiger partial charge in [0, 0.05) is 21.2 Å². The molecule has 2 rings (SSSR count). The average Bonchev–Trinajstić information content (AvgIpc) is 2.81. The maximum atomic E-state index is 12.5. The Balaban J connectivity index is 2.28. The lowest BCUT2D eigenvalue weighted by molar-refractivity contribution is -0.142. The van der Waals surface area contributed by atoms with Gasteiger partial charge in [-0.2, -0.15) is 0 Å². The molecule has 1 aliphatic carbocycles. The van der Waals surface area contributed by atoms with E-state index in [1.165, 1.54) is 0 Å². The lowest BCUT2D eigenvalue weighted by Crippen LogP contribution is -2.25. The predicted octanol–water partition coefficient (Wildman–Crippen LogP) is 3.29. The molecule has 3 unspecified atom stereocenters. The molecule has 4 heteroatoms. The van der Waals surface area contributed by atoms with E-state index in [1.807, 2.05) is 26.8 Å². The van der Waals surface area contributed by atoms with Gasteiger partial charge in [0.05, 0.1) is 5.92 Å². The summed E-state index contributed by atoms with van der Waals surface area (Å²) in [6.45, 7) is 5.92. The van der Waals surface area contributed by atoms with Crippen LogP contribution in [0.5, 0.6) is 0 Å². The SMILES string of the molecule is Cc1cc(C(=O)C2CC(C)CC2C(=O)O)c(C)s1. The van der Waals surface area contributed by atoms with Gasteiger partial charge < -0.3 is 5.11 Å². The number of Topliss-reactive ketones (excluding diaryl/α,β-unsaturated/α-hetero) is 1. The molecule has 0 amide bonds. The first-order valence-corrected chi connectivity index (χ1v) is 7.05. The number of carbonyl (C=O) groups is 2. The normalized spacial score (nSPS) is 27.4. The van der Waals surface area contributed by atoms with E-state index in [0.717, 1.165) is 15.3 Å². The van der Waals surface area contributed by atoms with E-state index in [0.29, 0.717) is 18.8 Å². The summed E-state index contributed by atoms with van der Waals surface area (Å²) in [5, 5.41) is 9.22. The number of carbonyl (C=O) groups excluding carboxylic acids is 1. The van der Waals surface area contributed by atoms with Crippen molar-refractivity contribution in [3.05, 3.63) is 21.4 Å². The van der Waals surface area contributed by atoms with Crippen LogP contribution in [0, 0.1) is 31.6 Å². The smallest absolute Gasteiger partial charge is 0.307 e. The number of ketones is 1. The second kappa shape index (κ2) is 4.84. The van der Waals surface area contributed by atoms with E-state index in [4.69, 9.17) is 0 Å². The second-order valence-electron chi connectivity index (χ2n) is 5.32. The van der Waals surface area contributed by atoms with E-state index in [1.54, 1.807) is 11.3 Å². The van der Waals surface area contributed by atoms with Gasteiger partial charge in [-0.1, -0.05) is 6.92 Å². The van der Waals surface area contributed by atoms with Crippen molar-refractivity contribution in [3.63, 3.8) is 0 Å². The summed E-state index contributed by atoms with van der Waals surface area (Å²) >= 11 is 1.60. The van der Waals surface area contributed by atoms with Crippen molar-refractivity contribution in [2.45, 2.75) is 33.6 Å². The van der Waals surface area contributed by atoms with E-state index in [9.17, 15) is 14.7 Å². The van der Waals surface area contributed by atoms with Crippen molar-refractivity contribution in [1.82, 2.24) is 0 Å². The van der Waals surface area contributed by atoms with Crippen molar-refractivity contribution in [3.8, 4) is 0 Å². The minimum absolute atomic E-state index is 0.0219. The molecule has 98 valence electrons. The summed E-state index contributed by atoms with van der Waals surface area (Å²) < 4.78 is 0. The lowest BCUT2D eigenvalue weighted by atomic mass is 9.88. The zero-order chi connectivity index (χ0) is 13.4. The fraction of sp³-hybridized carbons (Fsp3) is 0.571. The van der Waals surface area contributed by atoms with Crippen molar-refractivity contribution >= 4 is 23.1 Å². The van der Waals surface area contributed by atoms with Gasteiger partial charge in [-0.15, -0.1) is 11.3 Å². The number of carboxylic acids is 1. The van der Waals surface area contributed by atoms with Gasteiger partial charge in [0.15, 0.2) is 5.78 Å². The lowest BCUT2D eigenvalue weighted by Gasteiger charge is -2.14. The van der Waals surface area contributed by atoms with E-state index < -0.39 is 11.9 Å². The van der Waals surface area contributed by atoms with Gasteiger partial charge >= 0.3 is 5.97 Å². The largest absolute Gasteiger partial charge is 0.481 e. The molecule has 0 aliphatic heterocycles. The van der Waals surface area contributed by atoms with E-state index >= 15 is 0 Å². The van der Waals surface area contributed by atoms with Crippen LogP contribution in [-0.4, -0.2) is 16.9 Å². The van der Waals surface area contributed by atoms with Crippen LogP contribution in [0.15, 0.2) is 6.07 Å². The minimum atomic E-state index is -0.831. The molecule has 0 bridgehead atoms. The number of carboxylic acid groups (broad SMARTS) is 1. The van der Waals surface area contributed by atoms with E-state index in [-0.39, 0.29) is 11.7 Å². The molecule has 1 aromatic rings. The summed E-state index contributed by atoms with van der Waals surface area (Å²) in [6, 6.07) is 1.89. The predicted molar refractivity (Wildman–Crippen MR) is 71.1 cm³/mol. The Morgan fingerprint density at radius 1 is 1.28 bits per heavy atom. The van der Waals surface area contributed by atoms with Crippen molar-refractivity contribution in [2.24, 2.45) is 17.8 Å². The third-order valence-corrected chi connectivity index (χ3v) is 4.72. The maximum Gasteiger partial charge on any atom is 0.307 e. The topological polar surface area (TPSA) is 54.4 Å². The summed E-state index contributed by atoms with van der Waals surface area (Å²) in [4.78, 5) is 25.8. The van der Waals surface area contributed by atoms with Gasteiger partial charge in [0.2, 0.25) is 0 Å². The molecule has 3 atom stereocenters. The number of aryl methyl sites for hydroxylation is 2. The van der Waals surface area contributed by atoms with Crippen LogP contribution in [0.4, 0.5) is 0 Å². The molecule has 0 aromatic carbocycles. The highest BCUT2D eigenvalue weighted by Gasteiger charge is 2.41. The van der Waals surface area contributed by atoms with Crippen molar-refractivity contribution in [2.75, 3.05) is 0 Å². The fourth-order valence-electron chi connectivity index (χ4n) is 2.93. The van der Waals surface area contributed by atoms with Crippen LogP contribution >= 0.6 is 11.3 Å². The summed E-state index contributed by atoms with van der Waals surface area (Å²) in [5.41, 5.74) is 0.725. The zero-order valence-electron chi connectivity index (χ0n) is 10.9. The summed E-state index contributed by atoms with van der Waals surface area (Å²) in [5.74, 6) is -1.34. The Bertz CT molecular complexity index is 489. The van der Waals surface area contributed by atoms with Crippen LogP contribution in [0.2, 0.25) is 0 Å². The molecule has 3 nitrogen and oxygen atoms in total. The quantitative estimate of drug-likeness (QED) is 0.854. The highest BCUT2D eigenvalue weighted by molar-refractivity contribution is 7.12. The average molecular weight is 266 g/mol. The maximum absolute atomic E-state index is 12.5. The number of thiophene rings is 1. The Morgan fingerprint density at radius 3 is 2.39 bits per heavy atom. The Kier molecular flexibility index (Phi) is 3.57. The first kappa shape index (κ1) is 13.3. The Labute approximate surface area is 111 Å². The number of hydrogen-bond donors (Lipinski definition) is 1. The Morgan fingerprint density at radius 2 is 1.89 bits per heavy atom. The molecule has 1 fully saturated rings. The zero-order valence-corrected chi connectivity index (χ0v) is 11.7. The fourth-order valence-corrected chi connectivity index (χ4v) is 3.86. The molecule has 18 heavy (non-hydrogen) atoms. The second-order valence-corrected chi connectivity index (χ2v) is 6.78. The first-order chi connectivity index (χ1) is 8.40. The Hall–Kier alpha value is -1.16. The summed E-state index contributed by atoms with van der Waals surface area (Å²) in [6.07, 6.45) is 1.32. The van der Waals surface area contributed by atoms with Gasteiger partial charge in [-0.3, -0.25) is 9.59 Å². The van der Waals surface area contributed by atoms with Crippen LogP contribution < -0.4 is 0 Å². The van der Waals surface area contributed by atoms with Crippen LogP contribution in [0.3, 0.4) is 0 Å². The molecule has 0 radical (unpaired) electrons. The molecule has 1 heterocycles. The highest BCUT2D eigenvalue weighted by Crippen LogP contribution is 2.39. The van der Waals surface area contributed by atoms with Crippen LogP contribution in [-0.2, 0) is 4.79 Å². The number of rotatable bonds is 3. The van der Waals surface area contributed by atoms with Crippen LogP contribution in [0.25, 0.3) is 0 Å². The molecule has 1 saturated carbocycles. The first-order valence-electron chi connectivity index (χ1n) is 6.24. The van der Waals surface area contributed by atoms with Crippen molar-refractivity contribution in [1.29, 1.82) is 0 Å². The molecular weight excluding hydrogens is 248 g/mol. The van der Waals surface area contributed by atoms with Gasteiger partial charge in [-0.05, 0) is 38.7 Å². The monoisotopic (exact) mass is 266 g/mol. The minimum Gasteiger partial charge on any atom is -0.481 e. The molecule has 1 aromatic heterocycles. The summed E-state index contributed by atoms with van der Waals surface area (Å²) in [7, 11) is 0. The van der Waals surface area contributed by atoms with Crippen LogP contribution in [0.1, 0.15) is 39.9 Å². The number of hydrogen-bond acceptors (Lipinski definition) is 3. The third kappa shape index (κ3) is 2.34.